The first-order valence-electron chi connectivity index (χ1n) is 8.38. The summed E-state index contributed by atoms with van der Waals surface area (Å²) in [6.07, 6.45) is -0.470. The van der Waals surface area contributed by atoms with E-state index in [-0.39, 0.29) is 18.7 Å². The van der Waals surface area contributed by atoms with Gasteiger partial charge in [0.1, 0.15) is 12.2 Å². The number of rotatable bonds is 4. The van der Waals surface area contributed by atoms with E-state index in [0.29, 0.717) is 19.6 Å². The van der Waals surface area contributed by atoms with Gasteiger partial charge < -0.3 is 24.8 Å². The van der Waals surface area contributed by atoms with Gasteiger partial charge in [0.15, 0.2) is 0 Å². The SMILES string of the molecule is CC(C)(C)OC(=O)N[C@@H]1CCOC[C@H]1NC(=O)OCc1ccccc1. The Morgan fingerprint density at radius 1 is 1.12 bits per heavy atom. The van der Waals surface area contributed by atoms with Crippen LogP contribution < -0.4 is 10.6 Å². The average molecular weight is 350 g/mol. The van der Waals surface area contributed by atoms with Crippen molar-refractivity contribution in [2.75, 3.05) is 13.2 Å². The molecule has 1 heterocycles. The van der Waals surface area contributed by atoms with Crippen LogP contribution in [-0.4, -0.2) is 43.1 Å². The highest BCUT2D eigenvalue weighted by molar-refractivity contribution is 5.69. The lowest BCUT2D eigenvalue weighted by molar-refractivity contribution is 0.0269. The van der Waals surface area contributed by atoms with Gasteiger partial charge in [0.25, 0.3) is 0 Å². The van der Waals surface area contributed by atoms with E-state index in [1.165, 1.54) is 0 Å². The molecule has 0 bridgehead atoms. The monoisotopic (exact) mass is 350 g/mol. The molecule has 2 atom stereocenters. The first kappa shape index (κ1) is 19.1. The van der Waals surface area contributed by atoms with Crippen molar-refractivity contribution >= 4 is 12.2 Å². The zero-order valence-electron chi connectivity index (χ0n) is 14.9. The van der Waals surface area contributed by atoms with E-state index < -0.39 is 17.8 Å². The summed E-state index contributed by atoms with van der Waals surface area (Å²) in [5.74, 6) is 0. The van der Waals surface area contributed by atoms with Crippen molar-refractivity contribution in [2.45, 2.75) is 51.5 Å². The summed E-state index contributed by atoms with van der Waals surface area (Å²) in [6, 6.07) is 8.78. The molecule has 1 aromatic rings. The van der Waals surface area contributed by atoms with Crippen LogP contribution in [0, 0.1) is 0 Å². The zero-order chi connectivity index (χ0) is 18.3. The lowest BCUT2D eigenvalue weighted by Crippen LogP contribution is -2.57. The standard InChI is InChI=1S/C18H26N2O5/c1-18(2,3)25-17(22)19-14-9-10-23-12-15(14)20-16(21)24-11-13-7-5-4-6-8-13/h4-8,14-15H,9-12H2,1-3H3,(H,19,22)(H,20,21)/t14-,15-/m1/s1. The summed E-state index contributed by atoms with van der Waals surface area (Å²) in [7, 11) is 0. The van der Waals surface area contributed by atoms with Crippen LogP contribution in [-0.2, 0) is 20.8 Å². The molecule has 2 amide bonds. The maximum Gasteiger partial charge on any atom is 0.407 e. The number of hydrogen-bond acceptors (Lipinski definition) is 5. The molecule has 0 aromatic heterocycles. The number of amides is 2. The predicted molar refractivity (Wildman–Crippen MR) is 92.1 cm³/mol. The minimum atomic E-state index is -0.577. The Morgan fingerprint density at radius 2 is 1.80 bits per heavy atom. The van der Waals surface area contributed by atoms with Crippen LogP contribution in [0.25, 0.3) is 0 Å². The normalized spacial score (nSPS) is 20.4. The van der Waals surface area contributed by atoms with Gasteiger partial charge in [-0.2, -0.15) is 0 Å². The molecule has 1 aliphatic rings. The maximum atomic E-state index is 12.0. The Balaban J connectivity index is 1.83. The minimum Gasteiger partial charge on any atom is -0.445 e. The quantitative estimate of drug-likeness (QED) is 0.872. The molecule has 25 heavy (non-hydrogen) atoms. The summed E-state index contributed by atoms with van der Waals surface area (Å²) < 4.78 is 15.9. The van der Waals surface area contributed by atoms with Crippen molar-refractivity contribution in [1.82, 2.24) is 10.6 Å². The largest absolute Gasteiger partial charge is 0.445 e. The number of carbonyl (C=O) groups is 2. The van der Waals surface area contributed by atoms with Crippen LogP contribution in [0.2, 0.25) is 0 Å². The first-order valence-corrected chi connectivity index (χ1v) is 8.38. The second-order valence-electron chi connectivity index (χ2n) is 6.93. The third-order valence-electron chi connectivity index (χ3n) is 3.57. The summed E-state index contributed by atoms with van der Waals surface area (Å²) in [5.41, 5.74) is 0.327. The van der Waals surface area contributed by atoms with E-state index >= 15 is 0 Å². The summed E-state index contributed by atoms with van der Waals surface area (Å²) >= 11 is 0. The van der Waals surface area contributed by atoms with Gasteiger partial charge >= 0.3 is 12.2 Å². The smallest absolute Gasteiger partial charge is 0.407 e. The van der Waals surface area contributed by atoms with Gasteiger partial charge in [-0.25, -0.2) is 9.59 Å². The summed E-state index contributed by atoms with van der Waals surface area (Å²) in [6.45, 7) is 6.40. The lowest BCUT2D eigenvalue weighted by Gasteiger charge is -2.33. The van der Waals surface area contributed by atoms with Crippen LogP contribution in [0.1, 0.15) is 32.8 Å². The number of ether oxygens (including phenoxy) is 3. The van der Waals surface area contributed by atoms with Crippen LogP contribution in [0.4, 0.5) is 9.59 Å². The van der Waals surface area contributed by atoms with Gasteiger partial charge in [0.05, 0.1) is 18.7 Å². The number of hydrogen-bond donors (Lipinski definition) is 2. The van der Waals surface area contributed by atoms with E-state index in [4.69, 9.17) is 14.2 Å². The number of nitrogens with one attached hydrogen (secondary N) is 2. The fourth-order valence-corrected chi connectivity index (χ4v) is 2.43. The van der Waals surface area contributed by atoms with Crippen LogP contribution in [0.3, 0.4) is 0 Å². The number of carbonyl (C=O) groups excluding carboxylic acids is 2. The molecule has 0 aliphatic carbocycles. The van der Waals surface area contributed by atoms with Gasteiger partial charge in [0, 0.05) is 6.61 Å². The highest BCUT2D eigenvalue weighted by Crippen LogP contribution is 2.12. The molecule has 0 radical (unpaired) electrons. The second kappa shape index (κ2) is 8.71. The van der Waals surface area contributed by atoms with E-state index in [1.54, 1.807) is 20.8 Å². The van der Waals surface area contributed by atoms with Crippen molar-refractivity contribution in [1.29, 1.82) is 0 Å². The molecule has 1 fully saturated rings. The van der Waals surface area contributed by atoms with Crippen molar-refractivity contribution in [3.8, 4) is 0 Å². The van der Waals surface area contributed by atoms with Gasteiger partial charge in [-0.15, -0.1) is 0 Å². The Kier molecular flexibility index (Phi) is 6.64. The lowest BCUT2D eigenvalue weighted by atomic mass is 10.0. The Labute approximate surface area is 148 Å². The van der Waals surface area contributed by atoms with Gasteiger partial charge in [-0.1, -0.05) is 30.3 Å². The molecular formula is C18H26N2O5. The summed E-state index contributed by atoms with van der Waals surface area (Å²) in [4.78, 5) is 24.0. The number of benzene rings is 1. The minimum absolute atomic E-state index is 0.185. The highest BCUT2D eigenvalue weighted by Gasteiger charge is 2.30. The molecule has 2 rings (SSSR count). The molecule has 1 saturated heterocycles. The van der Waals surface area contributed by atoms with Gasteiger partial charge in [-0.3, -0.25) is 0 Å². The fraction of sp³-hybridized carbons (Fsp3) is 0.556. The molecular weight excluding hydrogens is 324 g/mol. The van der Waals surface area contributed by atoms with E-state index in [0.717, 1.165) is 5.56 Å². The molecule has 2 N–H and O–H groups in total. The number of alkyl carbamates (subject to hydrolysis) is 2. The molecule has 138 valence electrons. The first-order chi connectivity index (χ1) is 11.8. The summed E-state index contributed by atoms with van der Waals surface area (Å²) in [5, 5.41) is 5.54. The van der Waals surface area contributed by atoms with Crippen molar-refractivity contribution in [3.05, 3.63) is 35.9 Å². The molecule has 0 saturated carbocycles. The maximum absolute atomic E-state index is 12.0. The zero-order valence-corrected chi connectivity index (χ0v) is 14.9. The molecule has 0 spiro atoms. The van der Waals surface area contributed by atoms with Crippen LogP contribution >= 0.6 is 0 Å². The van der Waals surface area contributed by atoms with Crippen molar-refractivity contribution < 1.29 is 23.8 Å². The van der Waals surface area contributed by atoms with Gasteiger partial charge in [0.2, 0.25) is 0 Å². The molecule has 1 aromatic carbocycles. The Bertz CT molecular complexity index is 571. The van der Waals surface area contributed by atoms with E-state index in [1.807, 2.05) is 30.3 Å². The van der Waals surface area contributed by atoms with Crippen LogP contribution in [0.15, 0.2) is 30.3 Å². The predicted octanol–water partition coefficient (Wildman–Crippen LogP) is 2.60. The van der Waals surface area contributed by atoms with Gasteiger partial charge in [-0.05, 0) is 32.8 Å². The fourth-order valence-electron chi connectivity index (χ4n) is 2.43. The molecule has 7 nitrogen and oxygen atoms in total. The molecule has 0 unspecified atom stereocenters. The molecule has 7 heteroatoms. The second-order valence-corrected chi connectivity index (χ2v) is 6.93. The third kappa shape index (κ3) is 7.01. The Hall–Kier alpha value is -2.28. The van der Waals surface area contributed by atoms with Crippen molar-refractivity contribution in [2.24, 2.45) is 0 Å². The third-order valence-corrected chi connectivity index (χ3v) is 3.57. The molecule has 1 aliphatic heterocycles. The van der Waals surface area contributed by atoms with Crippen LogP contribution in [0.5, 0.6) is 0 Å². The Morgan fingerprint density at radius 3 is 2.48 bits per heavy atom. The van der Waals surface area contributed by atoms with Crippen molar-refractivity contribution in [3.63, 3.8) is 0 Å². The van der Waals surface area contributed by atoms with E-state index in [9.17, 15) is 9.59 Å². The average Bonchev–Trinajstić information content (AvgIpc) is 2.54. The topological polar surface area (TPSA) is 85.9 Å². The highest BCUT2D eigenvalue weighted by atomic mass is 16.6. The van der Waals surface area contributed by atoms with E-state index in [2.05, 4.69) is 10.6 Å².